The fourth-order valence-corrected chi connectivity index (χ4v) is 0.920. The molecule has 5 heteroatoms. The molecule has 0 bridgehead atoms. The molecule has 0 aromatic heterocycles. The van der Waals surface area contributed by atoms with E-state index >= 15 is 0 Å². The fraction of sp³-hybridized carbons (Fsp3) is 0.800. The van der Waals surface area contributed by atoms with Crippen molar-refractivity contribution in [2.24, 2.45) is 0 Å². The topological polar surface area (TPSA) is 64.6 Å². The van der Waals surface area contributed by atoms with Crippen molar-refractivity contribution in [2.45, 2.75) is 45.8 Å². The number of carbonyl (C=O) groups excluding carboxylic acids is 2. The first kappa shape index (κ1) is 13.7. The molecule has 15 heavy (non-hydrogen) atoms. The summed E-state index contributed by atoms with van der Waals surface area (Å²) in [6.07, 6.45) is -0.147. The Bertz CT molecular complexity index is 232. The van der Waals surface area contributed by atoms with Crippen LogP contribution in [0.4, 0.5) is 4.79 Å². The third kappa shape index (κ3) is 5.93. The summed E-state index contributed by atoms with van der Waals surface area (Å²) >= 11 is 0. The normalized spacial score (nSPS) is 12.9. The van der Waals surface area contributed by atoms with E-state index in [2.05, 4.69) is 10.1 Å². The Balaban J connectivity index is 4.20. The van der Waals surface area contributed by atoms with Crippen LogP contribution in [0.1, 0.15) is 34.1 Å². The van der Waals surface area contributed by atoms with Crippen LogP contribution in [0.25, 0.3) is 0 Å². The lowest BCUT2D eigenvalue weighted by Crippen LogP contribution is -2.43. The third-order valence-corrected chi connectivity index (χ3v) is 1.58. The number of hydrogen-bond donors (Lipinski definition) is 1. The fourth-order valence-electron chi connectivity index (χ4n) is 0.920. The molecule has 1 N–H and O–H groups in total. The number of alkyl carbamates (subject to hydrolysis) is 1. The van der Waals surface area contributed by atoms with Gasteiger partial charge in [0.2, 0.25) is 0 Å². The summed E-state index contributed by atoms with van der Waals surface area (Å²) in [6.45, 7) is 7.04. The van der Waals surface area contributed by atoms with E-state index in [-0.39, 0.29) is 0 Å². The van der Waals surface area contributed by atoms with Crippen LogP contribution in [-0.2, 0) is 14.3 Å². The predicted octanol–water partition coefficient (Wildman–Crippen LogP) is 1.46. The molecule has 0 spiro atoms. The Labute approximate surface area is 90.1 Å². The maximum absolute atomic E-state index is 11.3. The number of nitrogens with one attached hydrogen (secondary N) is 1. The number of esters is 1. The van der Waals surface area contributed by atoms with Crippen molar-refractivity contribution in [3.63, 3.8) is 0 Å². The van der Waals surface area contributed by atoms with Gasteiger partial charge in [-0.2, -0.15) is 0 Å². The van der Waals surface area contributed by atoms with Crippen LogP contribution >= 0.6 is 0 Å². The van der Waals surface area contributed by atoms with Gasteiger partial charge in [0.25, 0.3) is 0 Å². The van der Waals surface area contributed by atoms with Crippen LogP contribution in [0.2, 0.25) is 0 Å². The zero-order chi connectivity index (χ0) is 12.1. The highest BCUT2D eigenvalue weighted by atomic mass is 16.6. The quantitative estimate of drug-likeness (QED) is 0.727. The van der Waals surface area contributed by atoms with Crippen LogP contribution in [-0.4, -0.2) is 30.8 Å². The maximum Gasteiger partial charge on any atom is 0.408 e. The maximum atomic E-state index is 11.3. The minimum absolute atomic E-state index is 0.464. The number of hydrogen-bond acceptors (Lipinski definition) is 4. The number of amides is 1. The predicted molar refractivity (Wildman–Crippen MR) is 55.5 cm³/mol. The second-order valence-corrected chi connectivity index (χ2v) is 4.13. The van der Waals surface area contributed by atoms with E-state index < -0.39 is 23.7 Å². The van der Waals surface area contributed by atoms with Gasteiger partial charge in [-0.15, -0.1) is 0 Å². The highest BCUT2D eigenvalue weighted by Crippen LogP contribution is 2.07. The summed E-state index contributed by atoms with van der Waals surface area (Å²) in [5.41, 5.74) is -0.571. The number of carbonyl (C=O) groups is 2. The first-order valence-corrected chi connectivity index (χ1v) is 4.87. The zero-order valence-corrected chi connectivity index (χ0v) is 9.92. The zero-order valence-electron chi connectivity index (χ0n) is 9.92. The molecule has 0 aliphatic rings. The van der Waals surface area contributed by atoms with Crippen molar-refractivity contribution in [3.8, 4) is 0 Å². The summed E-state index contributed by atoms with van der Waals surface area (Å²) in [5, 5.41) is 2.44. The summed E-state index contributed by atoms with van der Waals surface area (Å²) in [5.74, 6) is -0.469. The molecule has 0 aromatic rings. The van der Waals surface area contributed by atoms with Gasteiger partial charge in [0.05, 0.1) is 7.11 Å². The van der Waals surface area contributed by atoms with Crippen LogP contribution in [0, 0.1) is 0 Å². The summed E-state index contributed by atoms with van der Waals surface area (Å²) in [7, 11) is 1.28. The van der Waals surface area contributed by atoms with Crippen molar-refractivity contribution >= 4 is 12.1 Å². The van der Waals surface area contributed by atoms with Gasteiger partial charge in [-0.25, -0.2) is 9.59 Å². The molecule has 0 aliphatic heterocycles. The van der Waals surface area contributed by atoms with Crippen molar-refractivity contribution in [1.82, 2.24) is 5.32 Å². The van der Waals surface area contributed by atoms with E-state index in [1.54, 1.807) is 27.7 Å². The Morgan fingerprint density at radius 3 is 2.20 bits per heavy atom. The Morgan fingerprint density at radius 2 is 1.87 bits per heavy atom. The third-order valence-electron chi connectivity index (χ3n) is 1.58. The molecular formula is C10H19NO4. The molecule has 88 valence electrons. The molecule has 0 saturated heterocycles. The standard InChI is InChI=1S/C10H19NO4/c1-6-7(8(12)14-5)11-9(13)15-10(2,3)4/h7H,6H2,1-5H3,(H,11,13)/t7-/m1/s1. The van der Waals surface area contributed by atoms with E-state index in [1.165, 1.54) is 7.11 Å². The number of ether oxygens (including phenoxy) is 2. The van der Waals surface area contributed by atoms with Gasteiger partial charge in [0.1, 0.15) is 11.6 Å². The van der Waals surface area contributed by atoms with E-state index in [0.29, 0.717) is 6.42 Å². The first-order chi connectivity index (χ1) is 6.80. The van der Waals surface area contributed by atoms with Gasteiger partial charge in [-0.05, 0) is 27.2 Å². The van der Waals surface area contributed by atoms with Gasteiger partial charge in [-0.1, -0.05) is 6.92 Å². The molecule has 0 heterocycles. The Hall–Kier alpha value is -1.26. The molecule has 0 aliphatic carbocycles. The molecule has 0 saturated carbocycles. The van der Waals surface area contributed by atoms with Crippen LogP contribution in [0.15, 0.2) is 0 Å². The lowest BCUT2D eigenvalue weighted by Gasteiger charge is -2.21. The summed E-state index contributed by atoms with van der Waals surface area (Å²) < 4.78 is 9.53. The van der Waals surface area contributed by atoms with Crippen LogP contribution in [0.3, 0.4) is 0 Å². The second kappa shape index (κ2) is 5.58. The van der Waals surface area contributed by atoms with Gasteiger partial charge < -0.3 is 14.8 Å². The van der Waals surface area contributed by atoms with Gasteiger partial charge >= 0.3 is 12.1 Å². The Kier molecular flexibility index (Phi) is 5.11. The lowest BCUT2D eigenvalue weighted by molar-refractivity contribution is -0.143. The highest BCUT2D eigenvalue weighted by Gasteiger charge is 2.23. The van der Waals surface area contributed by atoms with Crippen molar-refractivity contribution < 1.29 is 19.1 Å². The van der Waals surface area contributed by atoms with E-state index in [1.807, 2.05) is 0 Å². The molecule has 0 rings (SSSR count). The molecule has 0 aromatic carbocycles. The molecule has 0 fully saturated rings. The summed E-state index contributed by atoms with van der Waals surface area (Å²) in [6, 6.07) is -0.648. The van der Waals surface area contributed by atoms with Gasteiger partial charge in [0.15, 0.2) is 0 Å². The van der Waals surface area contributed by atoms with E-state index in [9.17, 15) is 9.59 Å². The number of methoxy groups -OCH3 is 1. The first-order valence-electron chi connectivity index (χ1n) is 4.87. The smallest absolute Gasteiger partial charge is 0.408 e. The minimum atomic E-state index is -0.648. The monoisotopic (exact) mass is 217 g/mol. The van der Waals surface area contributed by atoms with E-state index in [4.69, 9.17) is 4.74 Å². The van der Waals surface area contributed by atoms with Gasteiger partial charge in [-0.3, -0.25) is 0 Å². The average Bonchev–Trinajstić information content (AvgIpc) is 2.10. The van der Waals surface area contributed by atoms with Crippen molar-refractivity contribution in [3.05, 3.63) is 0 Å². The van der Waals surface area contributed by atoms with Gasteiger partial charge in [0, 0.05) is 0 Å². The summed E-state index contributed by atoms with van der Waals surface area (Å²) in [4.78, 5) is 22.5. The SMILES string of the molecule is CC[C@@H](NC(=O)OC(C)(C)C)C(=O)OC. The van der Waals surface area contributed by atoms with Crippen molar-refractivity contribution in [1.29, 1.82) is 0 Å². The Morgan fingerprint density at radius 1 is 1.33 bits per heavy atom. The highest BCUT2D eigenvalue weighted by molar-refractivity contribution is 5.81. The molecule has 1 amide bonds. The molecule has 0 radical (unpaired) electrons. The number of rotatable bonds is 3. The van der Waals surface area contributed by atoms with Crippen molar-refractivity contribution in [2.75, 3.05) is 7.11 Å². The lowest BCUT2D eigenvalue weighted by atomic mass is 10.2. The molecule has 1 atom stereocenters. The average molecular weight is 217 g/mol. The molecular weight excluding hydrogens is 198 g/mol. The van der Waals surface area contributed by atoms with E-state index in [0.717, 1.165) is 0 Å². The van der Waals surface area contributed by atoms with Crippen LogP contribution in [0.5, 0.6) is 0 Å². The molecule has 0 unspecified atom stereocenters. The van der Waals surface area contributed by atoms with Crippen LogP contribution < -0.4 is 5.32 Å². The minimum Gasteiger partial charge on any atom is -0.467 e. The second-order valence-electron chi connectivity index (χ2n) is 4.13. The largest absolute Gasteiger partial charge is 0.467 e. The molecule has 5 nitrogen and oxygen atoms in total.